The summed E-state index contributed by atoms with van der Waals surface area (Å²) in [6, 6.07) is 4.91. The van der Waals surface area contributed by atoms with E-state index in [9.17, 15) is 8.42 Å². The maximum Gasteiger partial charge on any atom is 0.240 e. The number of ether oxygens (including phenoxy) is 1. The van der Waals surface area contributed by atoms with Gasteiger partial charge in [0.25, 0.3) is 0 Å². The predicted octanol–water partition coefficient (Wildman–Crippen LogP) is 1.69. The van der Waals surface area contributed by atoms with Crippen LogP contribution >= 0.6 is 11.8 Å². The fourth-order valence-electron chi connectivity index (χ4n) is 1.93. The fraction of sp³-hybridized carbons (Fsp3) is 0.571. The SMILES string of the molecule is CNCc1cc(S(=O)(=O)NCC(C)CSC)ccc1OC. The Balaban J connectivity index is 2.90. The predicted molar refractivity (Wildman–Crippen MR) is 88.5 cm³/mol. The molecule has 0 radical (unpaired) electrons. The van der Waals surface area contributed by atoms with E-state index < -0.39 is 10.0 Å². The monoisotopic (exact) mass is 332 g/mol. The van der Waals surface area contributed by atoms with Gasteiger partial charge in [0.15, 0.2) is 0 Å². The van der Waals surface area contributed by atoms with Crippen molar-refractivity contribution < 1.29 is 13.2 Å². The molecule has 0 spiro atoms. The highest BCUT2D eigenvalue weighted by Gasteiger charge is 2.17. The van der Waals surface area contributed by atoms with Crippen molar-refractivity contribution in [2.24, 2.45) is 5.92 Å². The van der Waals surface area contributed by atoms with Crippen molar-refractivity contribution in [1.29, 1.82) is 0 Å². The van der Waals surface area contributed by atoms with Crippen LogP contribution in [0, 0.1) is 5.92 Å². The van der Waals surface area contributed by atoms with Crippen LogP contribution in [0.15, 0.2) is 23.1 Å². The molecule has 2 N–H and O–H groups in total. The Bertz CT molecular complexity index is 547. The summed E-state index contributed by atoms with van der Waals surface area (Å²) in [5.74, 6) is 1.90. The van der Waals surface area contributed by atoms with Crippen molar-refractivity contribution in [2.75, 3.05) is 32.7 Å². The van der Waals surface area contributed by atoms with Gasteiger partial charge in [-0.25, -0.2) is 13.1 Å². The van der Waals surface area contributed by atoms with Crippen molar-refractivity contribution in [2.45, 2.75) is 18.4 Å². The van der Waals surface area contributed by atoms with Gasteiger partial charge >= 0.3 is 0 Å². The first-order valence-electron chi connectivity index (χ1n) is 6.74. The van der Waals surface area contributed by atoms with Crippen LogP contribution in [0.3, 0.4) is 0 Å². The third-order valence-electron chi connectivity index (χ3n) is 3.00. The van der Waals surface area contributed by atoms with E-state index in [0.29, 0.717) is 24.8 Å². The van der Waals surface area contributed by atoms with Gasteiger partial charge in [-0.3, -0.25) is 0 Å². The number of thioether (sulfide) groups is 1. The first-order valence-corrected chi connectivity index (χ1v) is 9.62. The van der Waals surface area contributed by atoms with Crippen LogP contribution in [0.5, 0.6) is 5.75 Å². The minimum Gasteiger partial charge on any atom is -0.496 e. The van der Waals surface area contributed by atoms with E-state index >= 15 is 0 Å². The van der Waals surface area contributed by atoms with E-state index in [-0.39, 0.29) is 4.90 Å². The van der Waals surface area contributed by atoms with Crippen LogP contribution in [0.4, 0.5) is 0 Å². The van der Waals surface area contributed by atoms with Gasteiger partial charge in [-0.15, -0.1) is 0 Å². The zero-order chi connectivity index (χ0) is 15.9. The molecule has 120 valence electrons. The largest absolute Gasteiger partial charge is 0.496 e. The maximum atomic E-state index is 12.3. The van der Waals surface area contributed by atoms with Gasteiger partial charge in [0.05, 0.1) is 12.0 Å². The van der Waals surface area contributed by atoms with Gasteiger partial charge in [-0.2, -0.15) is 11.8 Å². The Morgan fingerprint density at radius 1 is 1.38 bits per heavy atom. The second-order valence-corrected chi connectivity index (χ2v) is 7.59. The van der Waals surface area contributed by atoms with Gasteiger partial charge in [0, 0.05) is 18.7 Å². The van der Waals surface area contributed by atoms with E-state index in [1.807, 2.05) is 20.2 Å². The highest BCUT2D eigenvalue weighted by molar-refractivity contribution is 7.98. The molecule has 1 atom stereocenters. The molecule has 0 aliphatic heterocycles. The van der Waals surface area contributed by atoms with E-state index in [4.69, 9.17) is 4.74 Å². The summed E-state index contributed by atoms with van der Waals surface area (Å²) in [6.07, 6.45) is 2.01. The van der Waals surface area contributed by atoms with Crippen LogP contribution in [0.25, 0.3) is 0 Å². The molecule has 1 unspecified atom stereocenters. The summed E-state index contributed by atoms with van der Waals surface area (Å²) in [4.78, 5) is 0.268. The average Bonchev–Trinajstić information content (AvgIpc) is 2.46. The molecule has 5 nitrogen and oxygen atoms in total. The standard InChI is InChI=1S/C14H24N2O3S2/c1-11(10-20-4)8-16-21(17,18)13-5-6-14(19-3)12(7-13)9-15-2/h5-7,11,15-16H,8-10H2,1-4H3. The number of nitrogens with one attached hydrogen (secondary N) is 2. The molecule has 0 saturated heterocycles. The molecule has 1 aromatic rings. The molecule has 0 saturated carbocycles. The number of hydrogen-bond donors (Lipinski definition) is 2. The molecule has 21 heavy (non-hydrogen) atoms. The molecule has 7 heteroatoms. The van der Waals surface area contributed by atoms with Crippen LogP contribution in [0.1, 0.15) is 12.5 Å². The van der Waals surface area contributed by atoms with E-state index in [1.165, 1.54) is 0 Å². The molecule has 0 fully saturated rings. The van der Waals surface area contributed by atoms with Crippen molar-refractivity contribution >= 4 is 21.8 Å². The minimum atomic E-state index is -3.48. The Morgan fingerprint density at radius 2 is 2.10 bits per heavy atom. The lowest BCUT2D eigenvalue weighted by atomic mass is 10.2. The number of sulfonamides is 1. The lowest BCUT2D eigenvalue weighted by Gasteiger charge is -2.14. The van der Waals surface area contributed by atoms with Crippen molar-refractivity contribution in [1.82, 2.24) is 10.0 Å². The molecular weight excluding hydrogens is 308 g/mol. The topological polar surface area (TPSA) is 67.4 Å². The summed E-state index contributed by atoms with van der Waals surface area (Å²) >= 11 is 1.71. The van der Waals surface area contributed by atoms with Crippen LogP contribution in [0.2, 0.25) is 0 Å². The normalized spacial score (nSPS) is 13.1. The molecule has 0 amide bonds. The first kappa shape index (κ1) is 18.3. The van der Waals surface area contributed by atoms with Crippen molar-refractivity contribution in [3.8, 4) is 5.75 Å². The zero-order valence-corrected chi connectivity index (χ0v) is 14.6. The molecule has 0 aliphatic carbocycles. The highest BCUT2D eigenvalue weighted by Crippen LogP contribution is 2.22. The van der Waals surface area contributed by atoms with Gasteiger partial charge in [0.1, 0.15) is 5.75 Å². The Hall–Kier alpha value is -0.760. The van der Waals surface area contributed by atoms with Gasteiger partial charge in [-0.05, 0) is 43.2 Å². The van der Waals surface area contributed by atoms with Crippen molar-refractivity contribution in [3.63, 3.8) is 0 Å². The smallest absolute Gasteiger partial charge is 0.240 e. The summed E-state index contributed by atoms with van der Waals surface area (Å²) in [6.45, 7) is 3.02. The van der Waals surface area contributed by atoms with Gasteiger partial charge in [-0.1, -0.05) is 6.92 Å². The van der Waals surface area contributed by atoms with Gasteiger partial charge in [0.2, 0.25) is 10.0 Å². The third kappa shape index (κ3) is 5.50. The van der Waals surface area contributed by atoms with Crippen molar-refractivity contribution in [3.05, 3.63) is 23.8 Å². The summed E-state index contributed by atoms with van der Waals surface area (Å²) in [5.41, 5.74) is 0.819. The molecule has 0 aromatic heterocycles. The molecule has 0 heterocycles. The van der Waals surface area contributed by atoms with Crippen LogP contribution in [-0.2, 0) is 16.6 Å². The quantitative estimate of drug-likeness (QED) is 0.720. The van der Waals surface area contributed by atoms with E-state index in [2.05, 4.69) is 10.0 Å². The van der Waals surface area contributed by atoms with Crippen LogP contribution in [-0.4, -0.2) is 41.1 Å². The van der Waals surface area contributed by atoms with Gasteiger partial charge < -0.3 is 10.1 Å². The Kier molecular flexibility index (Phi) is 7.51. The zero-order valence-electron chi connectivity index (χ0n) is 13.0. The molecule has 0 bridgehead atoms. The van der Waals surface area contributed by atoms with E-state index in [1.54, 1.807) is 37.1 Å². The lowest BCUT2D eigenvalue weighted by molar-refractivity contribution is 0.408. The number of rotatable bonds is 9. The maximum absolute atomic E-state index is 12.3. The second-order valence-electron chi connectivity index (χ2n) is 4.92. The lowest BCUT2D eigenvalue weighted by Crippen LogP contribution is -2.29. The summed E-state index contributed by atoms with van der Waals surface area (Å²) in [5, 5.41) is 3.01. The average molecular weight is 332 g/mol. The number of benzene rings is 1. The highest BCUT2D eigenvalue weighted by atomic mass is 32.2. The number of hydrogen-bond acceptors (Lipinski definition) is 5. The Morgan fingerprint density at radius 3 is 2.67 bits per heavy atom. The fourth-order valence-corrected chi connectivity index (χ4v) is 3.83. The van der Waals surface area contributed by atoms with E-state index in [0.717, 1.165) is 11.3 Å². The molecule has 0 aliphatic rings. The first-order chi connectivity index (χ1) is 9.94. The van der Waals surface area contributed by atoms with Crippen LogP contribution < -0.4 is 14.8 Å². The summed E-state index contributed by atoms with van der Waals surface area (Å²) in [7, 11) is -0.0991. The third-order valence-corrected chi connectivity index (χ3v) is 5.33. The molecular formula is C14H24N2O3S2. The summed E-state index contributed by atoms with van der Waals surface area (Å²) < 4.78 is 32.5. The molecule has 1 rings (SSSR count). The second kappa shape index (κ2) is 8.63. The minimum absolute atomic E-state index is 0.268. The Labute approximate surface area is 131 Å². The molecule has 1 aromatic carbocycles. The number of methoxy groups -OCH3 is 1.